The monoisotopic (exact) mass is 415 g/mol. The molecule has 0 spiro atoms. The Kier molecular flexibility index (Phi) is 6.25. The van der Waals surface area contributed by atoms with E-state index in [9.17, 15) is 4.79 Å². The van der Waals surface area contributed by atoms with Crippen molar-refractivity contribution in [1.82, 2.24) is 0 Å². The molecule has 0 fully saturated rings. The quantitative estimate of drug-likeness (QED) is 0.126. The Morgan fingerprint density at radius 2 is 1.77 bits per heavy atom. The highest BCUT2D eigenvalue weighted by atomic mass is 16.5. The minimum Gasteiger partial charge on any atom is -0.423 e. The largest absolute Gasteiger partial charge is 0.423 e. The predicted octanol–water partition coefficient (Wildman–Crippen LogP) is 3.07. The summed E-state index contributed by atoms with van der Waals surface area (Å²) in [5.74, 6) is 0.0532. The Morgan fingerprint density at radius 1 is 0.935 bits per heavy atom. The second-order valence-electron chi connectivity index (χ2n) is 6.81. The number of ether oxygens (including phenoxy) is 2. The predicted molar refractivity (Wildman–Crippen MR) is 113 cm³/mol. The number of esters is 1. The Bertz CT molecular complexity index is 1240. The van der Waals surface area contributed by atoms with Crippen molar-refractivity contribution < 1.29 is 28.6 Å². The van der Waals surface area contributed by atoms with Gasteiger partial charge in [-0.1, -0.05) is 35.5 Å². The molecule has 7 nitrogen and oxygen atoms in total. The summed E-state index contributed by atoms with van der Waals surface area (Å²) in [7, 11) is 0. The molecule has 154 valence electrons. The molecule has 0 amide bonds. The van der Waals surface area contributed by atoms with Crippen molar-refractivity contribution in [1.29, 1.82) is 0 Å². The van der Waals surface area contributed by atoms with Gasteiger partial charge in [-0.05, 0) is 35.0 Å². The fourth-order valence-corrected chi connectivity index (χ4v) is 3.15. The van der Waals surface area contributed by atoms with Crippen molar-refractivity contribution in [2.75, 3.05) is 0 Å². The van der Waals surface area contributed by atoms with Gasteiger partial charge in [0.1, 0.15) is 17.5 Å². The van der Waals surface area contributed by atoms with Crippen molar-refractivity contribution in [3.05, 3.63) is 103 Å². The average molecular weight is 415 g/mol. The van der Waals surface area contributed by atoms with Crippen LogP contribution in [0.4, 0.5) is 0 Å². The molecule has 0 aliphatic carbocycles. The number of nitrogens with zero attached hydrogens (tertiary/aromatic N) is 3. The van der Waals surface area contributed by atoms with Crippen LogP contribution in [0.2, 0.25) is 0 Å². The summed E-state index contributed by atoms with van der Waals surface area (Å²) in [5, 5.41) is 13.9. The standard InChI is InChI=1S/C24H20N3O4/c28-24(31-23-11-10-19-6-1-2-7-20(19)14-23)21-8-5-12-26(16-21)17-30-18-27-13-4-3-9-22(27)15-25-29/h1-16H,17-18H2/q+1/p+1. The molecule has 0 aliphatic heterocycles. The number of hydrogen-bond acceptors (Lipinski definition) is 5. The van der Waals surface area contributed by atoms with Crippen LogP contribution < -0.4 is 13.9 Å². The van der Waals surface area contributed by atoms with Crippen LogP contribution in [0.3, 0.4) is 0 Å². The van der Waals surface area contributed by atoms with Crippen molar-refractivity contribution in [3.8, 4) is 5.75 Å². The van der Waals surface area contributed by atoms with Crippen molar-refractivity contribution >= 4 is 23.0 Å². The maximum absolute atomic E-state index is 12.6. The first-order chi connectivity index (χ1) is 15.2. The van der Waals surface area contributed by atoms with Crippen molar-refractivity contribution in [2.45, 2.75) is 13.5 Å². The number of rotatable bonds is 7. The Hall–Kier alpha value is -4.10. The van der Waals surface area contributed by atoms with Crippen molar-refractivity contribution in [3.63, 3.8) is 0 Å². The second-order valence-corrected chi connectivity index (χ2v) is 6.81. The molecule has 1 N–H and O–H groups in total. The molecule has 7 heteroatoms. The van der Waals surface area contributed by atoms with Gasteiger partial charge in [0.05, 0.1) is 0 Å². The summed E-state index contributed by atoms with van der Waals surface area (Å²) in [5.41, 5.74) is 1.11. The van der Waals surface area contributed by atoms with E-state index in [1.165, 1.54) is 6.21 Å². The molecule has 2 heterocycles. The smallest absolute Gasteiger partial charge is 0.349 e. The van der Waals surface area contributed by atoms with Gasteiger partial charge in [0, 0.05) is 18.2 Å². The molecular weight excluding hydrogens is 394 g/mol. The summed E-state index contributed by atoms with van der Waals surface area (Å²) < 4.78 is 14.8. The summed E-state index contributed by atoms with van der Waals surface area (Å²) >= 11 is 0. The van der Waals surface area contributed by atoms with E-state index in [0.717, 1.165) is 10.8 Å². The molecule has 0 aliphatic rings. The molecule has 31 heavy (non-hydrogen) atoms. The highest BCUT2D eigenvalue weighted by Crippen LogP contribution is 2.21. The fraction of sp³-hybridized carbons (Fsp3) is 0.0833. The van der Waals surface area contributed by atoms with Gasteiger partial charge < -0.3 is 9.94 Å². The lowest BCUT2D eigenvalue weighted by atomic mass is 10.1. The lowest BCUT2D eigenvalue weighted by Crippen LogP contribution is -2.43. The molecular formula is C24H21N3O4+2. The van der Waals surface area contributed by atoms with E-state index < -0.39 is 5.97 Å². The maximum atomic E-state index is 12.6. The van der Waals surface area contributed by atoms with Gasteiger partial charge in [0.25, 0.3) is 13.5 Å². The summed E-state index contributed by atoms with van der Waals surface area (Å²) in [6.45, 7) is 0.482. The summed E-state index contributed by atoms with van der Waals surface area (Å²) in [6.07, 6.45) is 6.63. The molecule has 0 atom stereocenters. The number of pyridine rings is 2. The van der Waals surface area contributed by atoms with E-state index in [0.29, 0.717) is 17.0 Å². The minimum atomic E-state index is -0.441. The average Bonchev–Trinajstić information content (AvgIpc) is 2.80. The van der Waals surface area contributed by atoms with E-state index in [1.807, 2.05) is 54.7 Å². The zero-order valence-electron chi connectivity index (χ0n) is 16.7. The van der Waals surface area contributed by atoms with Crippen LogP contribution >= 0.6 is 0 Å². The third kappa shape index (κ3) is 5.09. The Balaban J connectivity index is 1.40. The zero-order valence-corrected chi connectivity index (χ0v) is 16.7. The molecule has 0 saturated carbocycles. The highest BCUT2D eigenvalue weighted by Gasteiger charge is 2.15. The van der Waals surface area contributed by atoms with Gasteiger partial charge in [-0.2, -0.15) is 9.13 Å². The van der Waals surface area contributed by atoms with E-state index in [-0.39, 0.29) is 13.5 Å². The molecule has 0 unspecified atom stereocenters. The Labute approximate surface area is 179 Å². The van der Waals surface area contributed by atoms with Crippen molar-refractivity contribution in [2.24, 2.45) is 5.16 Å². The van der Waals surface area contributed by atoms with E-state index in [2.05, 4.69) is 5.16 Å². The minimum absolute atomic E-state index is 0.231. The maximum Gasteiger partial charge on any atom is 0.349 e. The van der Waals surface area contributed by atoms with Gasteiger partial charge in [-0.15, -0.1) is 0 Å². The number of aromatic nitrogens is 2. The molecule has 2 aromatic heterocycles. The third-order valence-corrected chi connectivity index (χ3v) is 4.66. The van der Waals surface area contributed by atoms with E-state index >= 15 is 0 Å². The van der Waals surface area contributed by atoms with Crippen LogP contribution in [-0.2, 0) is 18.2 Å². The first-order valence-electron chi connectivity index (χ1n) is 9.67. The first-order valence-corrected chi connectivity index (χ1v) is 9.67. The van der Waals surface area contributed by atoms with Crippen LogP contribution in [-0.4, -0.2) is 17.4 Å². The van der Waals surface area contributed by atoms with Gasteiger partial charge >= 0.3 is 5.97 Å². The van der Waals surface area contributed by atoms with Crippen LogP contribution in [0.1, 0.15) is 16.1 Å². The molecule has 4 aromatic rings. The van der Waals surface area contributed by atoms with Gasteiger partial charge in [0.15, 0.2) is 18.6 Å². The molecule has 4 rings (SSSR count). The van der Waals surface area contributed by atoms with Crippen LogP contribution in [0, 0.1) is 0 Å². The number of hydrogen-bond donors (Lipinski definition) is 1. The lowest BCUT2D eigenvalue weighted by Gasteiger charge is -2.05. The van der Waals surface area contributed by atoms with Gasteiger partial charge in [0.2, 0.25) is 5.69 Å². The number of carbonyl (C=O) groups is 1. The van der Waals surface area contributed by atoms with Crippen LogP contribution in [0.5, 0.6) is 5.75 Å². The third-order valence-electron chi connectivity index (χ3n) is 4.66. The van der Waals surface area contributed by atoms with Crippen LogP contribution in [0.15, 0.2) is 96.5 Å². The van der Waals surface area contributed by atoms with E-state index in [1.54, 1.807) is 45.8 Å². The molecule has 2 aromatic carbocycles. The molecule has 0 bridgehead atoms. The second kappa shape index (κ2) is 9.60. The number of fused-ring (bicyclic) bond motifs is 1. The molecule has 0 radical (unpaired) electrons. The number of carbonyl (C=O) groups excluding carboxylic acids is 1. The van der Waals surface area contributed by atoms with Gasteiger partial charge in [-0.25, -0.2) is 4.79 Å². The SMILES string of the molecule is O=C(Oc1ccc2ccccc2c1)c1ccc[n+](COC[n+]2ccccc2C=NO)c1. The zero-order chi connectivity index (χ0) is 21.5. The summed E-state index contributed by atoms with van der Waals surface area (Å²) in [6, 6.07) is 22.4. The highest BCUT2D eigenvalue weighted by molar-refractivity contribution is 5.91. The van der Waals surface area contributed by atoms with Gasteiger partial charge in [-0.3, -0.25) is 4.74 Å². The lowest BCUT2D eigenvalue weighted by molar-refractivity contribution is -0.788. The molecule has 0 saturated heterocycles. The Morgan fingerprint density at radius 3 is 2.65 bits per heavy atom. The topological polar surface area (TPSA) is 75.9 Å². The number of benzene rings is 2. The fourth-order valence-electron chi connectivity index (χ4n) is 3.15. The summed E-state index contributed by atoms with van der Waals surface area (Å²) in [4.78, 5) is 12.6. The number of oxime groups is 1. The van der Waals surface area contributed by atoms with Crippen LogP contribution in [0.25, 0.3) is 10.8 Å². The van der Waals surface area contributed by atoms with E-state index in [4.69, 9.17) is 14.7 Å². The normalized spacial score (nSPS) is 11.1. The first kappa shape index (κ1) is 20.2.